The minimum Gasteiger partial charge on any atom is -0.356 e. The standard InChI is InChI=1S/C18H27N3OS/c1-13-16(23-12-20-13)10-21-8-7-18(11-21)6-2-3-15(18)17(22)19-9-14-4-5-14/h12,14-15H,2-11H2,1H3,(H,19,22)/t15-,18+/m0/s1. The highest BCUT2D eigenvalue weighted by Crippen LogP contribution is 2.50. The van der Waals surface area contributed by atoms with Crippen molar-refractivity contribution >= 4 is 17.2 Å². The van der Waals surface area contributed by atoms with Crippen molar-refractivity contribution in [3.8, 4) is 0 Å². The molecule has 1 spiro atoms. The molecule has 2 atom stereocenters. The first-order valence-corrected chi connectivity index (χ1v) is 9.93. The number of thiazole rings is 1. The number of aromatic nitrogens is 1. The van der Waals surface area contributed by atoms with E-state index >= 15 is 0 Å². The maximum Gasteiger partial charge on any atom is 0.223 e. The Balaban J connectivity index is 1.39. The minimum atomic E-state index is 0.242. The van der Waals surface area contributed by atoms with Crippen LogP contribution in [0, 0.1) is 24.2 Å². The van der Waals surface area contributed by atoms with Crippen molar-refractivity contribution in [1.82, 2.24) is 15.2 Å². The van der Waals surface area contributed by atoms with Gasteiger partial charge in [0.05, 0.1) is 11.2 Å². The lowest BCUT2D eigenvalue weighted by Gasteiger charge is -2.30. The van der Waals surface area contributed by atoms with Gasteiger partial charge in [-0.2, -0.15) is 0 Å². The topological polar surface area (TPSA) is 45.2 Å². The summed E-state index contributed by atoms with van der Waals surface area (Å²) < 4.78 is 0. The van der Waals surface area contributed by atoms with Crippen molar-refractivity contribution in [2.45, 2.75) is 52.0 Å². The fraction of sp³-hybridized carbons (Fsp3) is 0.778. The predicted molar refractivity (Wildman–Crippen MR) is 92.3 cm³/mol. The predicted octanol–water partition coefficient (Wildman–Crippen LogP) is 2.97. The molecule has 0 aromatic carbocycles. The van der Waals surface area contributed by atoms with Crippen LogP contribution in [0.1, 0.15) is 49.1 Å². The van der Waals surface area contributed by atoms with Crippen molar-refractivity contribution in [2.24, 2.45) is 17.3 Å². The Kier molecular flexibility index (Phi) is 4.18. The average Bonchev–Trinajstić information content (AvgIpc) is 2.94. The van der Waals surface area contributed by atoms with E-state index in [2.05, 4.69) is 22.1 Å². The fourth-order valence-electron chi connectivity index (χ4n) is 4.53. The van der Waals surface area contributed by atoms with Crippen LogP contribution in [0.15, 0.2) is 5.51 Å². The Hall–Kier alpha value is -0.940. The lowest BCUT2D eigenvalue weighted by molar-refractivity contribution is -0.128. The molecule has 0 unspecified atom stereocenters. The molecule has 2 aliphatic carbocycles. The zero-order chi connectivity index (χ0) is 15.9. The summed E-state index contributed by atoms with van der Waals surface area (Å²) in [7, 11) is 0. The SMILES string of the molecule is Cc1ncsc1CN1CC[C@]2(CCC[C@H]2C(=O)NCC2CC2)C1. The lowest BCUT2D eigenvalue weighted by atomic mass is 9.76. The molecule has 0 radical (unpaired) electrons. The first-order chi connectivity index (χ1) is 11.2. The van der Waals surface area contributed by atoms with E-state index < -0.39 is 0 Å². The molecular formula is C18H27N3OS. The zero-order valence-electron chi connectivity index (χ0n) is 14.0. The van der Waals surface area contributed by atoms with Crippen molar-refractivity contribution in [3.63, 3.8) is 0 Å². The zero-order valence-corrected chi connectivity index (χ0v) is 14.8. The summed E-state index contributed by atoms with van der Waals surface area (Å²) in [6, 6.07) is 0. The molecule has 23 heavy (non-hydrogen) atoms. The Morgan fingerprint density at radius 2 is 2.30 bits per heavy atom. The van der Waals surface area contributed by atoms with Crippen LogP contribution in [0.4, 0.5) is 0 Å². The number of hydrogen-bond acceptors (Lipinski definition) is 4. The maximum atomic E-state index is 12.7. The Morgan fingerprint density at radius 3 is 3.04 bits per heavy atom. The maximum absolute atomic E-state index is 12.7. The summed E-state index contributed by atoms with van der Waals surface area (Å²) in [6.07, 6.45) is 7.33. The highest BCUT2D eigenvalue weighted by atomic mass is 32.1. The molecular weight excluding hydrogens is 306 g/mol. The van der Waals surface area contributed by atoms with Crippen LogP contribution in [0.5, 0.6) is 0 Å². The van der Waals surface area contributed by atoms with Crippen LogP contribution in [-0.2, 0) is 11.3 Å². The molecule has 1 aromatic heterocycles. The third kappa shape index (κ3) is 3.18. The van der Waals surface area contributed by atoms with Gasteiger partial charge in [-0.3, -0.25) is 9.69 Å². The molecule has 1 aromatic rings. The smallest absolute Gasteiger partial charge is 0.223 e. The highest BCUT2D eigenvalue weighted by molar-refractivity contribution is 7.09. The molecule has 126 valence electrons. The van der Waals surface area contributed by atoms with Crippen LogP contribution in [-0.4, -0.2) is 35.4 Å². The number of aryl methyl sites for hydroxylation is 1. The minimum absolute atomic E-state index is 0.242. The molecule has 1 amide bonds. The summed E-state index contributed by atoms with van der Waals surface area (Å²) in [6.45, 7) is 6.24. The van der Waals surface area contributed by atoms with Gasteiger partial charge >= 0.3 is 0 Å². The first-order valence-electron chi connectivity index (χ1n) is 9.05. The molecule has 0 bridgehead atoms. The number of hydrogen-bond donors (Lipinski definition) is 1. The number of rotatable bonds is 5. The second-order valence-electron chi connectivity index (χ2n) is 7.82. The number of nitrogens with zero attached hydrogens (tertiary/aromatic N) is 2. The number of carbonyl (C=O) groups excluding carboxylic acids is 1. The van der Waals surface area contributed by atoms with Gasteiger partial charge in [0.1, 0.15) is 0 Å². The highest BCUT2D eigenvalue weighted by Gasteiger charge is 2.50. The van der Waals surface area contributed by atoms with Crippen molar-refractivity contribution in [2.75, 3.05) is 19.6 Å². The lowest BCUT2D eigenvalue weighted by Crippen LogP contribution is -2.41. The Labute approximate surface area is 142 Å². The number of carbonyl (C=O) groups is 1. The molecule has 2 saturated carbocycles. The van der Waals surface area contributed by atoms with E-state index in [1.807, 2.05) is 5.51 Å². The summed E-state index contributed by atoms with van der Waals surface area (Å²) in [5, 5.41) is 3.24. The van der Waals surface area contributed by atoms with E-state index in [0.29, 0.717) is 5.91 Å². The fourth-order valence-corrected chi connectivity index (χ4v) is 5.35. The number of amides is 1. The molecule has 1 aliphatic heterocycles. The van der Waals surface area contributed by atoms with E-state index in [-0.39, 0.29) is 11.3 Å². The molecule has 1 saturated heterocycles. The summed E-state index contributed by atoms with van der Waals surface area (Å²) in [5.74, 6) is 1.35. The third-order valence-corrected chi connectivity index (χ3v) is 7.08. The van der Waals surface area contributed by atoms with Crippen molar-refractivity contribution in [3.05, 3.63) is 16.1 Å². The van der Waals surface area contributed by atoms with Crippen molar-refractivity contribution < 1.29 is 4.79 Å². The van der Waals surface area contributed by atoms with Crippen LogP contribution >= 0.6 is 11.3 Å². The molecule has 2 heterocycles. The second-order valence-corrected chi connectivity index (χ2v) is 8.76. The third-order valence-electron chi connectivity index (χ3n) is 6.16. The van der Waals surface area contributed by atoms with E-state index in [9.17, 15) is 4.79 Å². The quantitative estimate of drug-likeness (QED) is 0.901. The molecule has 5 heteroatoms. The normalized spacial score (nSPS) is 31.1. The van der Waals surface area contributed by atoms with Crippen molar-refractivity contribution in [1.29, 1.82) is 0 Å². The molecule has 3 aliphatic rings. The second kappa shape index (κ2) is 6.17. The van der Waals surface area contributed by atoms with Gasteiger partial charge in [-0.15, -0.1) is 11.3 Å². The summed E-state index contributed by atoms with van der Waals surface area (Å²) >= 11 is 1.76. The van der Waals surface area contributed by atoms with Crippen LogP contribution in [0.25, 0.3) is 0 Å². The number of nitrogens with one attached hydrogen (secondary N) is 1. The van der Waals surface area contributed by atoms with E-state index in [4.69, 9.17) is 0 Å². The van der Waals surface area contributed by atoms with Crippen LogP contribution < -0.4 is 5.32 Å². The molecule has 3 fully saturated rings. The summed E-state index contributed by atoms with van der Waals surface area (Å²) in [5.41, 5.74) is 3.35. The van der Waals surface area contributed by atoms with Gasteiger partial charge in [0.15, 0.2) is 0 Å². The molecule has 4 rings (SSSR count). The van der Waals surface area contributed by atoms with E-state index in [1.165, 1.54) is 42.7 Å². The van der Waals surface area contributed by atoms with Gasteiger partial charge in [0, 0.05) is 30.4 Å². The van der Waals surface area contributed by atoms with Gasteiger partial charge in [-0.1, -0.05) is 6.42 Å². The van der Waals surface area contributed by atoms with Gasteiger partial charge in [-0.25, -0.2) is 4.98 Å². The van der Waals surface area contributed by atoms with Gasteiger partial charge < -0.3 is 5.32 Å². The largest absolute Gasteiger partial charge is 0.356 e. The van der Waals surface area contributed by atoms with E-state index in [1.54, 1.807) is 11.3 Å². The van der Waals surface area contributed by atoms with Gasteiger partial charge in [0.25, 0.3) is 0 Å². The molecule has 4 nitrogen and oxygen atoms in total. The first kappa shape index (κ1) is 15.6. The Morgan fingerprint density at radius 1 is 1.43 bits per heavy atom. The summed E-state index contributed by atoms with van der Waals surface area (Å²) in [4.78, 5) is 21.0. The molecule has 1 N–H and O–H groups in total. The van der Waals surface area contributed by atoms with Gasteiger partial charge in [0.2, 0.25) is 5.91 Å². The number of likely N-dealkylation sites (tertiary alicyclic amines) is 1. The van der Waals surface area contributed by atoms with Crippen LogP contribution in [0.2, 0.25) is 0 Å². The van der Waals surface area contributed by atoms with E-state index in [0.717, 1.165) is 38.5 Å². The van der Waals surface area contributed by atoms with Gasteiger partial charge in [-0.05, 0) is 56.9 Å². The average molecular weight is 334 g/mol. The Bertz CT molecular complexity index is 583. The monoisotopic (exact) mass is 333 g/mol. The van der Waals surface area contributed by atoms with Crippen LogP contribution in [0.3, 0.4) is 0 Å².